The van der Waals surface area contributed by atoms with Crippen LogP contribution in [-0.4, -0.2) is 39.8 Å². The van der Waals surface area contributed by atoms with Crippen LogP contribution in [0.25, 0.3) is 16.9 Å². The van der Waals surface area contributed by atoms with Crippen LogP contribution in [0, 0.1) is 12.7 Å². The molecule has 3 nitrogen and oxygen atoms in total. The molecule has 0 radical (unpaired) electrons. The fraction of sp³-hybridized carbons (Fsp3) is 0.400. The normalized spacial score (nSPS) is 15.0. The van der Waals surface area contributed by atoms with E-state index in [9.17, 15) is 4.39 Å². The van der Waals surface area contributed by atoms with Gasteiger partial charge in [-0.05, 0) is 68.8 Å². The molecule has 2 aromatic carbocycles. The molecule has 1 aliphatic carbocycles. The maximum atomic E-state index is 14.0. The molecule has 0 atom stereocenters. The Hall–Kier alpha value is -1.82. The minimum Gasteiger partial charge on any atom is -0.303 e. The number of aromatic nitrogens is 2. The molecule has 1 saturated carbocycles. The van der Waals surface area contributed by atoms with Gasteiger partial charge in [-0.2, -0.15) is 0 Å². The Labute approximate surface area is 193 Å². The molecule has 0 bridgehead atoms. The number of benzene rings is 2. The maximum absolute atomic E-state index is 14.0. The lowest BCUT2D eigenvalue weighted by molar-refractivity contribution is 0.202. The van der Waals surface area contributed by atoms with Crippen LogP contribution in [0.5, 0.6) is 0 Å². The Morgan fingerprint density at radius 1 is 1.13 bits per heavy atom. The van der Waals surface area contributed by atoms with Crippen molar-refractivity contribution in [1.82, 2.24) is 14.5 Å². The zero-order valence-corrected chi connectivity index (χ0v) is 19.7. The molecule has 0 spiro atoms. The van der Waals surface area contributed by atoms with Gasteiger partial charge in [-0.1, -0.05) is 48.7 Å². The summed E-state index contributed by atoms with van der Waals surface area (Å²) in [5, 5.41) is 1.61. The van der Waals surface area contributed by atoms with E-state index in [1.807, 2.05) is 43.5 Å². The van der Waals surface area contributed by atoms with Gasteiger partial charge in [-0.25, -0.2) is 9.37 Å². The van der Waals surface area contributed by atoms with Crippen molar-refractivity contribution in [1.29, 1.82) is 0 Å². The van der Waals surface area contributed by atoms with E-state index >= 15 is 0 Å². The lowest BCUT2D eigenvalue weighted by Gasteiger charge is -2.31. The fourth-order valence-electron chi connectivity index (χ4n) is 4.32. The smallest absolute Gasteiger partial charge is 0.173 e. The number of thioether (sulfide) groups is 1. The minimum atomic E-state index is -0.243. The van der Waals surface area contributed by atoms with Gasteiger partial charge in [0.1, 0.15) is 5.82 Å². The molecule has 0 N–H and O–H groups in total. The Bertz CT molecular complexity index is 1010. The van der Waals surface area contributed by atoms with Crippen LogP contribution in [0.1, 0.15) is 37.7 Å². The van der Waals surface area contributed by atoms with Crippen LogP contribution in [-0.2, 0) is 0 Å². The predicted molar refractivity (Wildman–Crippen MR) is 129 cm³/mol. The van der Waals surface area contributed by atoms with E-state index in [4.69, 9.17) is 16.6 Å². The Balaban J connectivity index is 1.59. The summed E-state index contributed by atoms with van der Waals surface area (Å²) >= 11 is 7.87. The number of hydrogen-bond donors (Lipinski definition) is 0. The van der Waals surface area contributed by atoms with Crippen molar-refractivity contribution < 1.29 is 4.39 Å². The van der Waals surface area contributed by atoms with Crippen molar-refractivity contribution in [3.63, 3.8) is 0 Å². The van der Waals surface area contributed by atoms with Crippen LogP contribution in [0.15, 0.2) is 53.8 Å². The largest absolute Gasteiger partial charge is 0.303 e. The van der Waals surface area contributed by atoms with Crippen molar-refractivity contribution in [2.75, 3.05) is 19.3 Å². The van der Waals surface area contributed by atoms with Crippen LogP contribution >= 0.6 is 23.4 Å². The highest BCUT2D eigenvalue weighted by Crippen LogP contribution is 2.32. The maximum Gasteiger partial charge on any atom is 0.173 e. The van der Waals surface area contributed by atoms with Gasteiger partial charge in [0.05, 0.1) is 11.9 Å². The SMILES string of the molecule is Cc1ccc(F)cc1-c1cnc(SCCN(C)C2CCCCC2)n1-c1ccc(Cl)cc1. The Morgan fingerprint density at radius 3 is 2.61 bits per heavy atom. The number of rotatable bonds is 7. The van der Waals surface area contributed by atoms with Crippen LogP contribution < -0.4 is 0 Å². The molecule has 1 heterocycles. The second-order valence-electron chi connectivity index (χ2n) is 8.32. The Morgan fingerprint density at radius 2 is 1.87 bits per heavy atom. The molecule has 1 aromatic heterocycles. The number of nitrogens with zero attached hydrogens (tertiary/aromatic N) is 3. The third-order valence-electron chi connectivity index (χ3n) is 6.16. The van der Waals surface area contributed by atoms with Crippen LogP contribution in [0.4, 0.5) is 4.39 Å². The first-order valence-electron chi connectivity index (χ1n) is 11.0. The van der Waals surface area contributed by atoms with Gasteiger partial charge in [-0.3, -0.25) is 4.57 Å². The lowest BCUT2D eigenvalue weighted by Crippen LogP contribution is -2.34. The third kappa shape index (κ3) is 5.33. The average molecular weight is 458 g/mol. The van der Waals surface area contributed by atoms with Gasteiger partial charge in [-0.15, -0.1) is 0 Å². The summed E-state index contributed by atoms with van der Waals surface area (Å²) in [4.78, 5) is 7.22. The molecule has 0 aliphatic heterocycles. The number of aryl methyl sites for hydroxylation is 1. The highest BCUT2D eigenvalue weighted by molar-refractivity contribution is 7.99. The summed E-state index contributed by atoms with van der Waals surface area (Å²) in [5.74, 6) is 0.715. The molecular weight excluding hydrogens is 429 g/mol. The van der Waals surface area contributed by atoms with E-state index in [-0.39, 0.29) is 5.82 Å². The number of hydrogen-bond acceptors (Lipinski definition) is 3. The van der Waals surface area contributed by atoms with E-state index in [1.54, 1.807) is 17.8 Å². The number of imidazole rings is 1. The van der Waals surface area contributed by atoms with Gasteiger partial charge >= 0.3 is 0 Å². The highest BCUT2D eigenvalue weighted by atomic mass is 35.5. The van der Waals surface area contributed by atoms with Gasteiger partial charge in [0.25, 0.3) is 0 Å². The second-order valence-corrected chi connectivity index (χ2v) is 9.82. The van der Waals surface area contributed by atoms with E-state index in [0.717, 1.165) is 40.0 Å². The molecule has 1 aliphatic rings. The van der Waals surface area contributed by atoms with E-state index in [0.29, 0.717) is 11.1 Å². The monoisotopic (exact) mass is 457 g/mol. The molecule has 0 saturated heterocycles. The van der Waals surface area contributed by atoms with Crippen molar-refractivity contribution in [2.45, 2.75) is 50.2 Å². The van der Waals surface area contributed by atoms with Gasteiger partial charge in [0.2, 0.25) is 0 Å². The quantitative estimate of drug-likeness (QED) is 0.356. The third-order valence-corrected chi connectivity index (χ3v) is 7.35. The molecule has 164 valence electrons. The summed E-state index contributed by atoms with van der Waals surface area (Å²) in [6.07, 6.45) is 8.54. The molecule has 6 heteroatoms. The van der Waals surface area contributed by atoms with Crippen molar-refractivity contribution in [2.24, 2.45) is 0 Å². The van der Waals surface area contributed by atoms with Gasteiger partial charge < -0.3 is 4.90 Å². The molecule has 4 rings (SSSR count). The first-order valence-corrected chi connectivity index (χ1v) is 12.3. The molecule has 0 unspecified atom stereocenters. The highest BCUT2D eigenvalue weighted by Gasteiger charge is 2.19. The summed E-state index contributed by atoms with van der Waals surface area (Å²) in [7, 11) is 2.24. The van der Waals surface area contributed by atoms with Crippen LogP contribution in [0.2, 0.25) is 5.02 Å². The number of halogens is 2. The van der Waals surface area contributed by atoms with E-state index < -0.39 is 0 Å². The first kappa shape index (κ1) is 22.4. The minimum absolute atomic E-state index is 0.243. The zero-order chi connectivity index (χ0) is 21.8. The van der Waals surface area contributed by atoms with Crippen molar-refractivity contribution >= 4 is 23.4 Å². The Kier molecular flexibility index (Phi) is 7.36. The molecule has 3 aromatic rings. The fourth-order valence-corrected chi connectivity index (χ4v) is 5.47. The van der Waals surface area contributed by atoms with E-state index in [2.05, 4.69) is 16.5 Å². The van der Waals surface area contributed by atoms with Gasteiger partial charge in [0.15, 0.2) is 5.16 Å². The second kappa shape index (κ2) is 10.2. The van der Waals surface area contributed by atoms with E-state index in [1.165, 1.54) is 38.2 Å². The molecule has 1 fully saturated rings. The summed E-state index contributed by atoms with van der Waals surface area (Å²) in [6, 6.07) is 13.3. The molecule has 0 amide bonds. The summed E-state index contributed by atoms with van der Waals surface area (Å²) in [5.41, 5.74) is 3.74. The standard InChI is InChI=1S/C25H29ClFN3S/c1-18-8-11-20(27)16-23(18)24-17-28-25(30(24)22-12-9-19(26)10-13-22)31-15-14-29(2)21-6-4-3-5-7-21/h8-13,16-17,21H,3-7,14-15H2,1-2H3. The predicted octanol–water partition coefficient (Wildman–Crippen LogP) is 7.00. The van der Waals surface area contributed by atoms with Crippen molar-refractivity contribution in [3.8, 4) is 16.9 Å². The topological polar surface area (TPSA) is 21.1 Å². The molecular formula is C25H29ClFN3S. The van der Waals surface area contributed by atoms with Crippen LogP contribution in [0.3, 0.4) is 0 Å². The zero-order valence-electron chi connectivity index (χ0n) is 18.2. The first-order chi connectivity index (χ1) is 15.0. The summed E-state index contributed by atoms with van der Waals surface area (Å²) in [6.45, 7) is 3.02. The molecule has 31 heavy (non-hydrogen) atoms. The van der Waals surface area contributed by atoms with Crippen molar-refractivity contribution in [3.05, 3.63) is 65.1 Å². The summed E-state index contributed by atoms with van der Waals surface area (Å²) < 4.78 is 16.2. The van der Waals surface area contributed by atoms with Gasteiger partial charge in [0, 0.05) is 34.6 Å². The average Bonchev–Trinajstić information content (AvgIpc) is 3.20. The lowest BCUT2D eigenvalue weighted by atomic mass is 9.94.